The fourth-order valence-corrected chi connectivity index (χ4v) is 2.16. The second-order valence-electron chi connectivity index (χ2n) is 4.82. The lowest BCUT2D eigenvalue weighted by atomic mass is 10.0. The van der Waals surface area contributed by atoms with Gasteiger partial charge in [-0.3, -0.25) is 0 Å². The number of rotatable bonds is 4. The highest BCUT2D eigenvalue weighted by Gasteiger charge is 2.12. The summed E-state index contributed by atoms with van der Waals surface area (Å²) >= 11 is 0. The van der Waals surface area contributed by atoms with Crippen LogP contribution in [-0.4, -0.2) is 9.78 Å². The van der Waals surface area contributed by atoms with Gasteiger partial charge in [0.1, 0.15) is 5.82 Å². The van der Waals surface area contributed by atoms with Gasteiger partial charge >= 0.3 is 0 Å². The van der Waals surface area contributed by atoms with Crippen LogP contribution in [0.15, 0.2) is 30.5 Å². The van der Waals surface area contributed by atoms with Gasteiger partial charge in [0, 0.05) is 5.56 Å². The van der Waals surface area contributed by atoms with E-state index in [0.29, 0.717) is 0 Å². The predicted octanol–water partition coefficient (Wildman–Crippen LogP) is 3.34. The minimum Gasteiger partial charge on any atom is -0.384 e. The van der Waals surface area contributed by atoms with Crippen molar-refractivity contribution in [1.82, 2.24) is 9.78 Å². The van der Waals surface area contributed by atoms with Crippen LogP contribution in [0.3, 0.4) is 0 Å². The lowest BCUT2D eigenvalue weighted by Crippen LogP contribution is -2.11. The molecule has 0 aliphatic rings. The van der Waals surface area contributed by atoms with Gasteiger partial charge in [0.05, 0.1) is 12.2 Å². The number of benzene rings is 1. The van der Waals surface area contributed by atoms with Crippen LogP contribution in [0, 0.1) is 6.92 Å². The SMILES string of the molecule is CCCc1ccc(C(C)n2ncc(C)c2N)cc1. The largest absolute Gasteiger partial charge is 0.384 e. The van der Waals surface area contributed by atoms with Crippen molar-refractivity contribution in [2.45, 2.75) is 39.7 Å². The third kappa shape index (κ3) is 2.40. The zero-order chi connectivity index (χ0) is 13.1. The highest BCUT2D eigenvalue weighted by molar-refractivity contribution is 5.39. The van der Waals surface area contributed by atoms with Crippen LogP contribution in [-0.2, 0) is 6.42 Å². The van der Waals surface area contributed by atoms with Crippen LogP contribution < -0.4 is 5.73 Å². The first-order chi connectivity index (χ1) is 8.63. The van der Waals surface area contributed by atoms with Crippen molar-refractivity contribution in [2.75, 3.05) is 5.73 Å². The molecular formula is C15H21N3. The molecule has 2 aromatic rings. The summed E-state index contributed by atoms with van der Waals surface area (Å²) in [6, 6.07) is 8.91. The van der Waals surface area contributed by atoms with Gasteiger partial charge < -0.3 is 5.73 Å². The Morgan fingerprint density at radius 1 is 1.28 bits per heavy atom. The van der Waals surface area contributed by atoms with Gasteiger partial charge in [0.25, 0.3) is 0 Å². The van der Waals surface area contributed by atoms with E-state index < -0.39 is 0 Å². The van der Waals surface area contributed by atoms with Crippen molar-refractivity contribution in [3.8, 4) is 0 Å². The summed E-state index contributed by atoms with van der Waals surface area (Å²) in [7, 11) is 0. The van der Waals surface area contributed by atoms with Crippen LogP contribution in [0.5, 0.6) is 0 Å². The highest BCUT2D eigenvalue weighted by Crippen LogP contribution is 2.22. The topological polar surface area (TPSA) is 43.8 Å². The maximum Gasteiger partial charge on any atom is 0.125 e. The zero-order valence-electron chi connectivity index (χ0n) is 11.4. The molecule has 1 heterocycles. The second kappa shape index (κ2) is 5.25. The van der Waals surface area contributed by atoms with E-state index >= 15 is 0 Å². The molecule has 0 amide bonds. The molecule has 1 atom stereocenters. The summed E-state index contributed by atoms with van der Waals surface area (Å²) < 4.78 is 1.88. The second-order valence-corrected chi connectivity index (χ2v) is 4.82. The first kappa shape index (κ1) is 12.7. The Bertz CT molecular complexity index is 511. The average molecular weight is 243 g/mol. The van der Waals surface area contributed by atoms with E-state index in [0.717, 1.165) is 17.8 Å². The Kier molecular flexibility index (Phi) is 3.70. The molecule has 3 heteroatoms. The van der Waals surface area contributed by atoms with Gasteiger partial charge in [0.2, 0.25) is 0 Å². The molecule has 18 heavy (non-hydrogen) atoms. The third-order valence-electron chi connectivity index (χ3n) is 3.39. The standard InChI is InChI=1S/C15H21N3/c1-4-5-13-6-8-14(9-7-13)12(3)18-15(16)11(2)10-17-18/h6-10,12H,4-5,16H2,1-3H3. The summed E-state index contributed by atoms with van der Waals surface area (Å²) in [5.74, 6) is 0.750. The Labute approximate surface area is 109 Å². The maximum absolute atomic E-state index is 6.02. The number of anilines is 1. The minimum atomic E-state index is 0.175. The fraction of sp³-hybridized carbons (Fsp3) is 0.400. The van der Waals surface area contributed by atoms with Crippen LogP contribution in [0.2, 0.25) is 0 Å². The van der Waals surface area contributed by atoms with Gasteiger partial charge in [-0.2, -0.15) is 5.10 Å². The first-order valence-corrected chi connectivity index (χ1v) is 6.52. The Balaban J connectivity index is 2.23. The minimum absolute atomic E-state index is 0.175. The van der Waals surface area contributed by atoms with Crippen LogP contribution >= 0.6 is 0 Å². The van der Waals surface area contributed by atoms with Crippen LogP contribution in [0.1, 0.15) is 43.0 Å². The van der Waals surface area contributed by atoms with E-state index in [1.54, 1.807) is 0 Å². The van der Waals surface area contributed by atoms with Crippen molar-refractivity contribution < 1.29 is 0 Å². The molecule has 1 aromatic carbocycles. The van der Waals surface area contributed by atoms with Gasteiger partial charge in [-0.1, -0.05) is 37.6 Å². The van der Waals surface area contributed by atoms with E-state index in [2.05, 4.69) is 43.2 Å². The molecule has 0 fully saturated rings. The fourth-order valence-electron chi connectivity index (χ4n) is 2.16. The summed E-state index contributed by atoms with van der Waals surface area (Å²) in [5.41, 5.74) is 9.68. The van der Waals surface area contributed by atoms with E-state index in [9.17, 15) is 0 Å². The van der Waals surface area contributed by atoms with Crippen LogP contribution in [0.4, 0.5) is 5.82 Å². The molecule has 0 bridgehead atoms. The normalized spacial score (nSPS) is 12.6. The molecular weight excluding hydrogens is 222 g/mol. The van der Waals surface area contributed by atoms with Crippen molar-refractivity contribution >= 4 is 5.82 Å². The molecule has 0 radical (unpaired) electrons. The summed E-state index contributed by atoms with van der Waals surface area (Å²) in [5, 5.41) is 4.34. The average Bonchev–Trinajstić information content (AvgIpc) is 2.71. The van der Waals surface area contributed by atoms with Gasteiger partial charge in [-0.05, 0) is 31.4 Å². The molecule has 1 aromatic heterocycles. The van der Waals surface area contributed by atoms with Gasteiger partial charge in [-0.25, -0.2) is 4.68 Å². The number of nitrogens with zero attached hydrogens (tertiary/aromatic N) is 2. The molecule has 0 saturated heterocycles. The van der Waals surface area contributed by atoms with Crippen molar-refractivity contribution in [1.29, 1.82) is 0 Å². The summed E-state index contributed by atoms with van der Waals surface area (Å²) in [6.45, 7) is 6.30. The molecule has 96 valence electrons. The Morgan fingerprint density at radius 2 is 1.94 bits per heavy atom. The number of nitrogen functional groups attached to an aromatic ring is 1. The van der Waals surface area contributed by atoms with E-state index in [1.807, 2.05) is 17.8 Å². The highest BCUT2D eigenvalue weighted by atomic mass is 15.3. The smallest absolute Gasteiger partial charge is 0.125 e. The van der Waals surface area contributed by atoms with E-state index in [4.69, 9.17) is 5.73 Å². The molecule has 2 rings (SSSR count). The third-order valence-corrected chi connectivity index (χ3v) is 3.39. The molecule has 0 aliphatic carbocycles. The molecule has 1 unspecified atom stereocenters. The van der Waals surface area contributed by atoms with Crippen molar-refractivity contribution in [3.63, 3.8) is 0 Å². The molecule has 0 saturated carbocycles. The van der Waals surface area contributed by atoms with E-state index in [-0.39, 0.29) is 6.04 Å². The summed E-state index contributed by atoms with van der Waals surface area (Å²) in [4.78, 5) is 0. The Hall–Kier alpha value is -1.77. The lowest BCUT2D eigenvalue weighted by Gasteiger charge is -2.15. The number of nitrogens with two attached hydrogens (primary N) is 1. The quantitative estimate of drug-likeness (QED) is 0.895. The molecule has 0 aliphatic heterocycles. The van der Waals surface area contributed by atoms with Gasteiger partial charge in [-0.15, -0.1) is 0 Å². The van der Waals surface area contributed by atoms with Crippen molar-refractivity contribution in [3.05, 3.63) is 47.2 Å². The van der Waals surface area contributed by atoms with Crippen molar-refractivity contribution in [2.24, 2.45) is 0 Å². The number of aromatic nitrogens is 2. The first-order valence-electron chi connectivity index (χ1n) is 6.52. The van der Waals surface area contributed by atoms with Crippen LogP contribution in [0.25, 0.3) is 0 Å². The lowest BCUT2D eigenvalue weighted by molar-refractivity contribution is 0.573. The number of aryl methyl sites for hydroxylation is 2. The number of hydrogen-bond acceptors (Lipinski definition) is 2. The zero-order valence-corrected chi connectivity index (χ0v) is 11.4. The van der Waals surface area contributed by atoms with E-state index in [1.165, 1.54) is 17.5 Å². The number of hydrogen-bond donors (Lipinski definition) is 1. The molecule has 0 spiro atoms. The maximum atomic E-state index is 6.02. The molecule has 3 nitrogen and oxygen atoms in total. The Morgan fingerprint density at radius 3 is 2.44 bits per heavy atom. The molecule has 2 N–H and O–H groups in total. The van der Waals surface area contributed by atoms with Gasteiger partial charge in [0.15, 0.2) is 0 Å². The predicted molar refractivity (Wildman–Crippen MR) is 75.6 cm³/mol. The summed E-state index contributed by atoms with van der Waals surface area (Å²) in [6.07, 6.45) is 4.13. The monoisotopic (exact) mass is 243 g/mol.